The number of piperidine rings is 1. The van der Waals surface area contributed by atoms with Crippen molar-refractivity contribution in [2.45, 2.75) is 26.4 Å². The number of halogens is 1. The molecule has 1 aliphatic rings. The van der Waals surface area contributed by atoms with E-state index in [1.165, 1.54) is 6.42 Å². The van der Waals surface area contributed by atoms with Gasteiger partial charge >= 0.3 is 0 Å². The van der Waals surface area contributed by atoms with Gasteiger partial charge in [-0.3, -0.25) is 0 Å². The van der Waals surface area contributed by atoms with Crippen LogP contribution in [0.3, 0.4) is 0 Å². The quantitative estimate of drug-likeness (QED) is 0.544. The van der Waals surface area contributed by atoms with E-state index in [9.17, 15) is 5.26 Å². The molecule has 5 nitrogen and oxygen atoms in total. The van der Waals surface area contributed by atoms with E-state index in [-0.39, 0.29) is 0 Å². The van der Waals surface area contributed by atoms with Gasteiger partial charge in [-0.15, -0.1) is 0 Å². The van der Waals surface area contributed by atoms with Crippen LogP contribution in [0.25, 0.3) is 11.5 Å². The monoisotopic (exact) mass is 407 g/mol. The van der Waals surface area contributed by atoms with Crippen LogP contribution in [0.2, 0.25) is 5.02 Å². The molecular formula is C23H22ClN3O2. The Bertz CT molecular complexity index is 1020. The largest absolute Gasteiger partial charge is 0.489 e. The summed E-state index contributed by atoms with van der Waals surface area (Å²) in [6.45, 7) is 4.39. The minimum absolute atomic E-state index is 0.341. The van der Waals surface area contributed by atoms with Gasteiger partial charge in [-0.25, -0.2) is 0 Å². The Morgan fingerprint density at radius 1 is 1.24 bits per heavy atom. The molecular weight excluding hydrogens is 386 g/mol. The number of aromatic nitrogens is 1. The molecule has 3 aromatic rings. The summed E-state index contributed by atoms with van der Waals surface area (Å²) in [5.74, 6) is 2.34. The van der Waals surface area contributed by atoms with Crippen LogP contribution in [-0.4, -0.2) is 18.1 Å². The summed E-state index contributed by atoms with van der Waals surface area (Å²) in [6, 6.07) is 17.3. The summed E-state index contributed by atoms with van der Waals surface area (Å²) in [5, 5.41) is 10.2. The molecule has 0 bridgehead atoms. The first-order valence-corrected chi connectivity index (χ1v) is 10.1. The smallest absolute Gasteiger partial charge is 0.235 e. The number of hydrogen-bond acceptors (Lipinski definition) is 5. The molecule has 1 aliphatic heterocycles. The van der Waals surface area contributed by atoms with Crippen LogP contribution in [0.4, 0.5) is 5.88 Å². The number of ether oxygens (including phenoxy) is 1. The zero-order valence-corrected chi connectivity index (χ0v) is 17.0. The summed E-state index contributed by atoms with van der Waals surface area (Å²) >= 11 is 6.17. The van der Waals surface area contributed by atoms with Crippen LogP contribution in [-0.2, 0) is 6.61 Å². The minimum atomic E-state index is 0.341. The molecule has 0 aliphatic carbocycles. The highest BCUT2D eigenvalue weighted by Crippen LogP contribution is 2.31. The second kappa shape index (κ2) is 8.59. The average molecular weight is 408 g/mol. The van der Waals surface area contributed by atoms with E-state index in [2.05, 4.69) is 22.9 Å². The van der Waals surface area contributed by atoms with Crippen molar-refractivity contribution in [3.8, 4) is 23.3 Å². The van der Waals surface area contributed by atoms with Gasteiger partial charge in [-0.1, -0.05) is 36.7 Å². The van der Waals surface area contributed by atoms with Crippen LogP contribution in [0.1, 0.15) is 31.0 Å². The molecule has 0 amide bonds. The lowest BCUT2D eigenvalue weighted by molar-refractivity contribution is 0.306. The van der Waals surface area contributed by atoms with E-state index in [1.54, 1.807) is 0 Å². The lowest BCUT2D eigenvalue weighted by atomic mass is 10.0. The molecule has 0 saturated carbocycles. The SMILES string of the molecule is CC1CCCN(c2oc(-c3ccc(OCc4ccccc4Cl)cc3)nc2C#N)C1. The molecule has 0 N–H and O–H groups in total. The van der Waals surface area contributed by atoms with Crippen molar-refractivity contribution in [2.24, 2.45) is 5.92 Å². The van der Waals surface area contributed by atoms with E-state index in [4.69, 9.17) is 20.8 Å². The Balaban J connectivity index is 1.49. The predicted octanol–water partition coefficient (Wildman–Crippen LogP) is 5.68. The number of nitrogens with zero attached hydrogens (tertiary/aromatic N) is 3. The molecule has 1 unspecified atom stereocenters. The molecule has 2 aromatic carbocycles. The Hall–Kier alpha value is -2.97. The lowest BCUT2D eigenvalue weighted by Gasteiger charge is -2.30. The highest BCUT2D eigenvalue weighted by molar-refractivity contribution is 6.31. The van der Waals surface area contributed by atoms with Crippen molar-refractivity contribution >= 4 is 17.5 Å². The maximum atomic E-state index is 9.49. The molecule has 6 heteroatoms. The third-order valence-electron chi connectivity index (χ3n) is 5.11. The molecule has 0 radical (unpaired) electrons. The van der Waals surface area contributed by atoms with Gasteiger partial charge in [0.15, 0.2) is 0 Å². The predicted molar refractivity (Wildman–Crippen MR) is 113 cm³/mol. The fourth-order valence-corrected chi connectivity index (χ4v) is 3.76. The van der Waals surface area contributed by atoms with Gasteiger partial charge in [0, 0.05) is 29.2 Å². The zero-order chi connectivity index (χ0) is 20.2. The number of oxazole rings is 1. The third-order valence-corrected chi connectivity index (χ3v) is 5.48. The summed E-state index contributed by atoms with van der Waals surface area (Å²) in [5.41, 5.74) is 2.08. The first-order chi connectivity index (χ1) is 14.1. The highest BCUT2D eigenvalue weighted by Gasteiger charge is 2.24. The lowest BCUT2D eigenvalue weighted by Crippen LogP contribution is -2.34. The molecule has 29 heavy (non-hydrogen) atoms. The van der Waals surface area contributed by atoms with E-state index in [0.717, 1.165) is 36.4 Å². The maximum Gasteiger partial charge on any atom is 0.235 e. The highest BCUT2D eigenvalue weighted by atomic mass is 35.5. The van der Waals surface area contributed by atoms with Gasteiger partial charge in [0.1, 0.15) is 18.4 Å². The van der Waals surface area contributed by atoms with Crippen LogP contribution < -0.4 is 9.64 Å². The standard InChI is InChI=1S/C23H22ClN3O2/c1-16-5-4-12-27(14-16)23-21(13-25)26-22(29-23)17-8-10-19(11-9-17)28-15-18-6-2-3-7-20(18)24/h2-3,6-11,16H,4-5,12,14-15H2,1H3. The first-order valence-electron chi connectivity index (χ1n) is 9.76. The van der Waals surface area contributed by atoms with E-state index < -0.39 is 0 Å². The Morgan fingerprint density at radius 3 is 2.76 bits per heavy atom. The van der Waals surface area contributed by atoms with Gasteiger partial charge in [0.25, 0.3) is 0 Å². The van der Waals surface area contributed by atoms with E-state index in [1.807, 2.05) is 48.5 Å². The van der Waals surface area contributed by atoms with Crippen LogP contribution in [0.15, 0.2) is 52.9 Å². The summed E-state index contributed by atoms with van der Waals surface area (Å²) in [4.78, 5) is 6.54. The average Bonchev–Trinajstić information content (AvgIpc) is 3.18. The third kappa shape index (κ3) is 4.38. The fraction of sp³-hybridized carbons (Fsp3) is 0.304. The Morgan fingerprint density at radius 2 is 2.03 bits per heavy atom. The summed E-state index contributed by atoms with van der Waals surface area (Å²) in [7, 11) is 0. The number of benzene rings is 2. The number of anilines is 1. The van der Waals surface area contributed by atoms with E-state index >= 15 is 0 Å². The molecule has 4 rings (SSSR count). The van der Waals surface area contributed by atoms with E-state index in [0.29, 0.717) is 35.0 Å². The Labute approximate surface area is 175 Å². The van der Waals surface area contributed by atoms with Crippen molar-refractivity contribution in [1.29, 1.82) is 5.26 Å². The zero-order valence-electron chi connectivity index (χ0n) is 16.3. The Kier molecular flexibility index (Phi) is 5.73. The van der Waals surface area contributed by atoms with Gasteiger partial charge in [-0.2, -0.15) is 10.2 Å². The van der Waals surface area contributed by atoms with Crippen molar-refractivity contribution in [2.75, 3.05) is 18.0 Å². The van der Waals surface area contributed by atoms with Gasteiger partial charge in [0.2, 0.25) is 17.5 Å². The summed E-state index contributed by atoms with van der Waals surface area (Å²) < 4.78 is 11.8. The van der Waals surface area contributed by atoms with Crippen molar-refractivity contribution in [3.63, 3.8) is 0 Å². The molecule has 148 valence electrons. The van der Waals surface area contributed by atoms with Crippen LogP contribution in [0, 0.1) is 17.2 Å². The molecule has 2 heterocycles. The first kappa shape index (κ1) is 19.4. The summed E-state index contributed by atoms with van der Waals surface area (Å²) in [6.07, 6.45) is 2.30. The minimum Gasteiger partial charge on any atom is -0.489 e. The van der Waals surface area contributed by atoms with Crippen molar-refractivity contribution in [1.82, 2.24) is 4.98 Å². The van der Waals surface area contributed by atoms with Gasteiger partial charge < -0.3 is 14.1 Å². The van der Waals surface area contributed by atoms with Crippen LogP contribution >= 0.6 is 11.6 Å². The normalized spacial score (nSPS) is 16.4. The second-order valence-corrected chi connectivity index (χ2v) is 7.79. The second-order valence-electron chi connectivity index (χ2n) is 7.38. The van der Waals surface area contributed by atoms with Crippen molar-refractivity contribution < 1.29 is 9.15 Å². The maximum absolute atomic E-state index is 9.49. The number of nitriles is 1. The molecule has 0 spiro atoms. The van der Waals surface area contributed by atoms with Gasteiger partial charge in [0.05, 0.1) is 0 Å². The molecule has 1 fully saturated rings. The molecule has 1 atom stereocenters. The van der Waals surface area contributed by atoms with Crippen LogP contribution in [0.5, 0.6) is 5.75 Å². The number of hydrogen-bond donors (Lipinski definition) is 0. The molecule has 1 aromatic heterocycles. The van der Waals surface area contributed by atoms with Crippen molar-refractivity contribution in [3.05, 3.63) is 64.8 Å². The topological polar surface area (TPSA) is 62.3 Å². The fourth-order valence-electron chi connectivity index (χ4n) is 3.57. The number of rotatable bonds is 5. The molecule has 1 saturated heterocycles. The van der Waals surface area contributed by atoms with Gasteiger partial charge in [-0.05, 0) is 49.1 Å².